The summed E-state index contributed by atoms with van der Waals surface area (Å²) in [4.78, 5) is 18.3. The van der Waals surface area contributed by atoms with Crippen molar-refractivity contribution < 1.29 is 14.0 Å². The Kier molecular flexibility index (Phi) is 4.47. The van der Waals surface area contributed by atoms with Crippen LogP contribution in [0, 0.1) is 5.82 Å². The number of rotatable bonds is 5. The summed E-state index contributed by atoms with van der Waals surface area (Å²) in [6.45, 7) is 1.53. The fourth-order valence-electron chi connectivity index (χ4n) is 1.69. The largest absolute Gasteiger partial charge is 0.389 e. The van der Waals surface area contributed by atoms with Crippen LogP contribution < -0.4 is 5.32 Å². The lowest BCUT2D eigenvalue weighted by atomic mass is 10.0. The molecule has 0 aliphatic carbocycles. The van der Waals surface area contributed by atoms with Gasteiger partial charge in [-0.15, -0.1) is 0 Å². The minimum Gasteiger partial charge on any atom is -0.389 e. The Morgan fingerprint density at radius 1 is 1.35 bits per heavy atom. The van der Waals surface area contributed by atoms with Crippen molar-refractivity contribution >= 4 is 11.7 Å². The summed E-state index contributed by atoms with van der Waals surface area (Å²) in [5.74, 6) is -0.851. The lowest BCUT2D eigenvalue weighted by Gasteiger charge is -2.09. The van der Waals surface area contributed by atoms with Gasteiger partial charge in [-0.25, -0.2) is 9.18 Å². The maximum Gasteiger partial charge on any atom is 0.369 e. The van der Waals surface area contributed by atoms with Gasteiger partial charge in [-0.1, -0.05) is 5.16 Å². The van der Waals surface area contributed by atoms with E-state index in [1.165, 1.54) is 12.1 Å². The lowest BCUT2D eigenvalue weighted by Crippen LogP contribution is -2.24. The van der Waals surface area contributed by atoms with Crippen LogP contribution in [0.25, 0.3) is 0 Å². The zero-order valence-electron chi connectivity index (χ0n) is 11.4. The van der Waals surface area contributed by atoms with E-state index in [2.05, 4.69) is 15.3 Å². The van der Waals surface area contributed by atoms with Gasteiger partial charge in [0, 0.05) is 24.9 Å². The highest BCUT2D eigenvalue weighted by Crippen LogP contribution is 2.17. The number of carbonyl (C=O) groups is 1. The third kappa shape index (κ3) is 3.42. The maximum atomic E-state index is 12.9. The predicted molar refractivity (Wildman–Crippen MR) is 73.7 cm³/mol. The van der Waals surface area contributed by atoms with E-state index < -0.39 is 5.97 Å². The highest BCUT2D eigenvalue weighted by atomic mass is 19.1. The molecule has 0 saturated carbocycles. The summed E-state index contributed by atoms with van der Waals surface area (Å²) < 4.78 is 12.9. The van der Waals surface area contributed by atoms with Crippen molar-refractivity contribution in [2.24, 2.45) is 5.16 Å². The van der Waals surface area contributed by atoms with Crippen LogP contribution in [0.1, 0.15) is 5.56 Å². The molecular formula is C14H16FN3O2. The number of likely N-dealkylation sites (N-methyl/N-ethyl adjacent to an activating group) is 1. The summed E-state index contributed by atoms with van der Waals surface area (Å²) in [7, 11) is 3.92. The second-order valence-corrected chi connectivity index (χ2v) is 4.64. The number of benzene rings is 1. The van der Waals surface area contributed by atoms with E-state index in [9.17, 15) is 9.18 Å². The first-order valence-electron chi connectivity index (χ1n) is 6.22. The van der Waals surface area contributed by atoms with Crippen LogP contribution in [0.15, 0.2) is 41.2 Å². The van der Waals surface area contributed by atoms with Crippen LogP contribution in [0.3, 0.4) is 0 Å². The molecule has 0 aromatic heterocycles. The molecule has 1 aromatic carbocycles. The Morgan fingerprint density at radius 2 is 2.05 bits per heavy atom. The van der Waals surface area contributed by atoms with Crippen LogP contribution in [-0.2, 0) is 9.63 Å². The van der Waals surface area contributed by atoms with Gasteiger partial charge in [0.1, 0.15) is 17.1 Å². The van der Waals surface area contributed by atoms with Gasteiger partial charge in [0.25, 0.3) is 0 Å². The van der Waals surface area contributed by atoms with Crippen molar-refractivity contribution in [1.29, 1.82) is 0 Å². The quantitative estimate of drug-likeness (QED) is 0.498. The van der Waals surface area contributed by atoms with Gasteiger partial charge in [-0.3, -0.25) is 0 Å². The number of nitrogens with zero attached hydrogens (tertiary/aromatic N) is 2. The SMILES string of the molecule is CN(C)CCN/C=C1\C(=O)ON=C1c1ccc(F)cc1. The van der Waals surface area contributed by atoms with E-state index in [-0.39, 0.29) is 5.82 Å². The van der Waals surface area contributed by atoms with Crippen molar-refractivity contribution in [2.45, 2.75) is 0 Å². The van der Waals surface area contributed by atoms with E-state index in [1.54, 1.807) is 18.3 Å². The Labute approximate surface area is 116 Å². The van der Waals surface area contributed by atoms with E-state index in [4.69, 9.17) is 0 Å². The highest BCUT2D eigenvalue weighted by molar-refractivity contribution is 6.28. The molecule has 0 unspecified atom stereocenters. The minimum absolute atomic E-state index is 0.339. The highest BCUT2D eigenvalue weighted by Gasteiger charge is 2.26. The molecule has 20 heavy (non-hydrogen) atoms. The van der Waals surface area contributed by atoms with Gasteiger partial charge in [-0.2, -0.15) is 0 Å². The van der Waals surface area contributed by atoms with Gasteiger partial charge in [0.15, 0.2) is 0 Å². The lowest BCUT2D eigenvalue weighted by molar-refractivity contribution is -0.136. The average molecular weight is 277 g/mol. The number of oxime groups is 1. The van der Waals surface area contributed by atoms with Gasteiger partial charge < -0.3 is 15.1 Å². The van der Waals surface area contributed by atoms with Gasteiger partial charge in [0.2, 0.25) is 0 Å². The standard InChI is InChI=1S/C14H16FN3O2/c1-18(2)8-7-16-9-12-13(17-20-14(12)19)10-3-5-11(15)6-4-10/h3-6,9,16H,7-8H2,1-2H3/b12-9-. The molecule has 5 nitrogen and oxygen atoms in total. The molecule has 1 aliphatic heterocycles. The summed E-state index contributed by atoms with van der Waals surface area (Å²) in [6.07, 6.45) is 1.58. The molecule has 1 aliphatic rings. The smallest absolute Gasteiger partial charge is 0.369 e. The van der Waals surface area contributed by atoms with Crippen molar-refractivity contribution in [3.05, 3.63) is 47.4 Å². The molecule has 0 bridgehead atoms. The van der Waals surface area contributed by atoms with Gasteiger partial charge >= 0.3 is 5.97 Å². The first-order chi connectivity index (χ1) is 9.58. The van der Waals surface area contributed by atoms with E-state index in [1.807, 2.05) is 19.0 Å². The van der Waals surface area contributed by atoms with Crippen molar-refractivity contribution in [3.8, 4) is 0 Å². The second-order valence-electron chi connectivity index (χ2n) is 4.64. The van der Waals surface area contributed by atoms with Crippen LogP contribution in [0.4, 0.5) is 4.39 Å². The molecule has 0 spiro atoms. The molecular weight excluding hydrogens is 261 g/mol. The third-order valence-electron chi connectivity index (χ3n) is 2.76. The molecule has 0 amide bonds. The molecule has 1 N–H and O–H groups in total. The van der Waals surface area contributed by atoms with E-state index >= 15 is 0 Å². The molecule has 1 heterocycles. The first-order valence-corrected chi connectivity index (χ1v) is 6.22. The molecule has 6 heteroatoms. The van der Waals surface area contributed by atoms with Gasteiger partial charge in [-0.05, 0) is 38.4 Å². The molecule has 2 rings (SSSR count). The third-order valence-corrected chi connectivity index (χ3v) is 2.76. The second kappa shape index (κ2) is 6.29. The number of hydrogen-bond acceptors (Lipinski definition) is 5. The molecule has 0 fully saturated rings. The van der Waals surface area contributed by atoms with E-state index in [0.29, 0.717) is 23.4 Å². The van der Waals surface area contributed by atoms with Crippen LogP contribution in [0.5, 0.6) is 0 Å². The van der Waals surface area contributed by atoms with Crippen molar-refractivity contribution in [2.75, 3.05) is 27.2 Å². The molecule has 106 valence electrons. The van der Waals surface area contributed by atoms with Crippen LogP contribution in [-0.4, -0.2) is 43.8 Å². The summed E-state index contributed by atoms with van der Waals surface area (Å²) in [5, 5.41) is 6.78. The molecule has 0 radical (unpaired) electrons. The first kappa shape index (κ1) is 14.2. The number of hydrogen-bond donors (Lipinski definition) is 1. The fourth-order valence-corrected chi connectivity index (χ4v) is 1.69. The Hall–Kier alpha value is -2.21. The number of halogens is 1. The fraction of sp³-hybridized carbons (Fsp3) is 0.286. The topological polar surface area (TPSA) is 53.9 Å². The van der Waals surface area contributed by atoms with Crippen LogP contribution in [0.2, 0.25) is 0 Å². The summed E-state index contributed by atoms with van der Waals surface area (Å²) >= 11 is 0. The zero-order chi connectivity index (χ0) is 14.5. The van der Waals surface area contributed by atoms with Crippen molar-refractivity contribution in [3.63, 3.8) is 0 Å². The number of carbonyl (C=O) groups excluding carboxylic acids is 1. The number of nitrogens with one attached hydrogen (secondary N) is 1. The van der Waals surface area contributed by atoms with Gasteiger partial charge in [0.05, 0.1) is 0 Å². The maximum absolute atomic E-state index is 12.9. The summed E-state index contributed by atoms with van der Waals surface area (Å²) in [6, 6.07) is 5.75. The molecule has 0 atom stereocenters. The Bertz CT molecular complexity index is 550. The zero-order valence-corrected chi connectivity index (χ0v) is 11.4. The predicted octanol–water partition coefficient (Wildman–Crippen LogP) is 1.12. The molecule has 0 saturated heterocycles. The minimum atomic E-state index is -0.512. The van der Waals surface area contributed by atoms with E-state index in [0.717, 1.165) is 6.54 Å². The van der Waals surface area contributed by atoms with Crippen LogP contribution >= 0.6 is 0 Å². The monoisotopic (exact) mass is 277 g/mol. The summed E-state index contributed by atoms with van der Waals surface area (Å²) in [5.41, 5.74) is 1.39. The normalized spacial score (nSPS) is 16.5. The van der Waals surface area contributed by atoms with Crippen molar-refractivity contribution in [1.82, 2.24) is 10.2 Å². The molecule has 1 aromatic rings. The Morgan fingerprint density at radius 3 is 2.70 bits per heavy atom. The Balaban J connectivity index is 2.10. The average Bonchev–Trinajstić information content (AvgIpc) is 2.77.